The molecule has 0 aliphatic carbocycles. The van der Waals surface area contributed by atoms with Crippen LogP contribution in [-0.2, 0) is 16.2 Å². The molecule has 1 fully saturated rings. The summed E-state index contributed by atoms with van der Waals surface area (Å²) in [6.45, 7) is 1.73. The summed E-state index contributed by atoms with van der Waals surface area (Å²) >= 11 is 0. The van der Waals surface area contributed by atoms with E-state index in [1.807, 2.05) is 0 Å². The molecule has 1 saturated heterocycles. The molecule has 0 bridgehead atoms. The Morgan fingerprint density at radius 3 is 1.80 bits per heavy atom. The van der Waals surface area contributed by atoms with Crippen LogP contribution in [0.5, 0.6) is 0 Å². The molecule has 0 atom stereocenters. The number of rotatable bonds is 4. The van der Waals surface area contributed by atoms with E-state index in [4.69, 9.17) is 0 Å². The van der Waals surface area contributed by atoms with Crippen LogP contribution in [0.25, 0.3) is 0 Å². The maximum absolute atomic E-state index is 12.8. The molecule has 160 valence electrons. The van der Waals surface area contributed by atoms with Crippen molar-refractivity contribution >= 4 is 21.7 Å². The van der Waals surface area contributed by atoms with E-state index >= 15 is 0 Å². The molecule has 3 rings (SSSR count). The Hall–Kier alpha value is -2.72. The van der Waals surface area contributed by atoms with Crippen molar-refractivity contribution in [2.45, 2.75) is 18.0 Å². The fraction of sp³-hybridized carbons (Fsp3) is 0.300. The number of Topliss-reactive ketones (excluding diaryl/α,β-unsaturated/α-hetero) is 1. The maximum Gasteiger partial charge on any atom is 0.416 e. The first-order valence-electron chi connectivity index (χ1n) is 9.08. The third-order valence-electron chi connectivity index (χ3n) is 4.88. The average Bonchev–Trinajstić information content (AvgIpc) is 2.73. The van der Waals surface area contributed by atoms with Crippen molar-refractivity contribution in [1.29, 1.82) is 0 Å². The highest BCUT2D eigenvalue weighted by Gasteiger charge is 2.32. The number of amides is 1. The third-order valence-corrected chi connectivity index (χ3v) is 6.80. The predicted molar refractivity (Wildman–Crippen MR) is 103 cm³/mol. The standard InChI is InChI=1S/C20H19F3N2O4S/c1-14(26)15-4-8-18(9-5-15)30(28,29)25-12-10-24(11-13-25)19(27)16-2-6-17(7-3-16)20(21,22)23/h2-9H,10-13H2,1H3. The quantitative estimate of drug-likeness (QED) is 0.685. The lowest BCUT2D eigenvalue weighted by atomic mass is 10.1. The van der Waals surface area contributed by atoms with Gasteiger partial charge in [0.25, 0.3) is 5.91 Å². The minimum absolute atomic E-state index is 0.0509. The van der Waals surface area contributed by atoms with E-state index < -0.39 is 27.7 Å². The normalized spacial score (nSPS) is 15.8. The lowest BCUT2D eigenvalue weighted by Crippen LogP contribution is -2.50. The van der Waals surface area contributed by atoms with Crippen LogP contribution < -0.4 is 0 Å². The number of carbonyl (C=O) groups excluding carboxylic acids is 2. The van der Waals surface area contributed by atoms with Gasteiger partial charge in [0.2, 0.25) is 10.0 Å². The van der Waals surface area contributed by atoms with Crippen molar-refractivity contribution in [2.24, 2.45) is 0 Å². The summed E-state index contributed by atoms with van der Waals surface area (Å²) in [5.74, 6) is -0.624. The molecule has 0 radical (unpaired) electrons. The molecule has 1 aliphatic heterocycles. The van der Waals surface area contributed by atoms with Gasteiger partial charge in [0, 0.05) is 37.3 Å². The minimum Gasteiger partial charge on any atom is -0.336 e. The highest BCUT2D eigenvalue weighted by atomic mass is 32.2. The number of halogens is 3. The van der Waals surface area contributed by atoms with Gasteiger partial charge in [0.15, 0.2) is 5.78 Å². The van der Waals surface area contributed by atoms with E-state index in [1.54, 1.807) is 0 Å². The van der Waals surface area contributed by atoms with E-state index in [9.17, 15) is 31.2 Å². The number of hydrogen-bond donors (Lipinski definition) is 0. The largest absolute Gasteiger partial charge is 0.416 e. The van der Waals surface area contributed by atoms with Crippen LogP contribution in [-0.4, -0.2) is 55.5 Å². The summed E-state index contributed by atoms with van der Waals surface area (Å²) in [4.78, 5) is 25.3. The van der Waals surface area contributed by atoms with Gasteiger partial charge >= 0.3 is 6.18 Å². The van der Waals surface area contributed by atoms with Crippen molar-refractivity contribution in [2.75, 3.05) is 26.2 Å². The first-order valence-corrected chi connectivity index (χ1v) is 10.5. The van der Waals surface area contributed by atoms with Crippen molar-refractivity contribution in [1.82, 2.24) is 9.21 Å². The van der Waals surface area contributed by atoms with Crippen LogP contribution in [0.1, 0.15) is 33.2 Å². The highest BCUT2D eigenvalue weighted by molar-refractivity contribution is 7.89. The predicted octanol–water partition coefficient (Wildman–Crippen LogP) is 3.05. The van der Waals surface area contributed by atoms with Gasteiger partial charge in [-0.25, -0.2) is 8.42 Å². The molecule has 1 aliphatic rings. The fourth-order valence-corrected chi connectivity index (χ4v) is 4.55. The van der Waals surface area contributed by atoms with E-state index in [0.29, 0.717) is 5.56 Å². The molecule has 1 amide bonds. The topological polar surface area (TPSA) is 74.8 Å². The second kappa shape index (κ2) is 8.19. The molecule has 2 aromatic rings. The molecule has 0 N–H and O–H groups in total. The minimum atomic E-state index is -4.48. The summed E-state index contributed by atoms with van der Waals surface area (Å²) in [7, 11) is -3.78. The van der Waals surface area contributed by atoms with Crippen LogP contribution >= 0.6 is 0 Å². The number of sulfonamides is 1. The van der Waals surface area contributed by atoms with Gasteiger partial charge in [0.1, 0.15) is 0 Å². The average molecular weight is 440 g/mol. The molecule has 0 unspecified atom stereocenters. The number of carbonyl (C=O) groups is 2. The van der Waals surface area contributed by atoms with Gasteiger partial charge in [-0.1, -0.05) is 12.1 Å². The molecule has 30 heavy (non-hydrogen) atoms. The Labute approximate surface area is 172 Å². The van der Waals surface area contributed by atoms with Crippen LogP contribution in [0.15, 0.2) is 53.4 Å². The lowest BCUT2D eigenvalue weighted by Gasteiger charge is -2.34. The Balaban J connectivity index is 1.66. The smallest absolute Gasteiger partial charge is 0.336 e. The first-order chi connectivity index (χ1) is 14.0. The summed E-state index contributed by atoms with van der Waals surface area (Å²) in [6, 6.07) is 9.55. The molecule has 0 spiro atoms. The van der Waals surface area contributed by atoms with Crippen molar-refractivity contribution in [3.63, 3.8) is 0 Å². The van der Waals surface area contributed by atoms with Crippen LogP contribution in [0, 0.1) is 0 Å². The third kappa shape index (κ3) is 4.54. The Morgan fingerprint density at radius 2 is 1.33 bits per heavy atom. The van der Waals surface area contributed by atoms with E-state index in [1.165, 1.54) is 40.4 Å². The molecule has 6 nitrogen and oxygen atoms in total. The summed E-state index contributed by atoms with van der Waals surface area (Å²) in [5.41, 5.74) is -0.328. The molecular formula is C20H19F3N2O4S. The van der Waals surface area contributed by atoms with Crippen molar-refractivity contribution < 1.29 is 31.2 Å². The molecule has 1 heterocycles. The van der Waals surface area contributed by atoms with E-state index in [-0.39, 0.29) is 42.4 Å². The molecular weight excluding hydrogens is 421 g/mol. The van der Waals surface area contributed by atoms with Gasteiger partial charge in [0.05, 0.1) is 10.5 Å². The first kappa shape index (κ1) is 22.0. The number of hydrogen-bond acceptors (Lipinski definition) is 4. The van der Waals surface area contributed by atoms with Crippen LogP contribution in [0.2, 0.25) is 0 Å². The Morgan fingerprint density at radius 1 is 0.833 bits per heavy atom. The van der Waals surface area contributed by atoms with Gasteiger partial charge in [-0.05, 0) is 43.3 Å². The number of ketones is 1. The van der Waals surface area contributed by atoms with Crippen LogP contribution in [0.4, 0.5) is 13.2 Å². The monoisotopic (exact) mass is 440 g/mol. The second-order valence-corrected chi connectivity index (χ2v) is 8.79. The van der Waals surface area contributed by atoms with Gasteiger partial charge in [-0.2, -0.15) is 17.5 Å². The zero-order valence-corrected chi connectivity index (χ0v) is 16.8. The number of nitrogens with zero attached hydrogens (tertiary/aromatic N) is 2. The highest BCUT2D eigenvalue weighted by Crippen LogP contribution is 2.29. The molecule has 10 heteroatoms. The molecule has 2 aromatic carbocycles. The summed E-state index contributed by atoms with van der Waals surface area (Å²) < 4.78 is 64.8. The summed E-state index contributed by atoms with van der Waals surface area (Å²) in [5, 5.41) is 0. The van der Waals surface area contributed by atoms with Crippen molar-refractivity contribution in [3.05, 3.63) is 65.2 Å². The van der Waals surface area contributed by atoms with Crippen LogP contribution in [0.3, 0.4) is 0 Å². The fourth-order valence-electron chi connectivity index (χ4n) is 3.13. The second-order valence-electron chi connectivity index (χ2n) is 6.85. The number of piperazine rings is 1. The van der Waals surface area contributed by atoms with Gasteiger partial charge < -0.3 is 4.90 Å². The van der Waals surface area contributed by atoms with E-state index in [2.05, 4.69) is 0 Å². The Bertz CT molecular complexity index is 1040. The molecule has 0 aromatic heterocycles. The lowest BCUT2D eigenvalue weighted by molar-refractivity contribution is -0.137. The number of benzene rings is 2. The number of alkyl halides is 3. The van der Waals surface area contributed by atoms with Crippen molar-refractivity contribution in [3.8, 4) is 0 Å². The van der Waals surface area contributed by atoms with Gasteiger partial charge in [-0.3, -0.25) is 9.59 Å². The van der Waals surface area contributed by atoms with E-state index in [0.717, 1.165) is 24.3 Å². The molecule has 0 saturated carbocycles. The maximum atomic E-state index is 12.8. The Kier molecular flexibility index (Phi) is 6.00. The zero-order chi connectivity index (χ0) is 22.1. The van der Waals surface area contributed by atoms with Gasteiger partial charge in [-0.15, -0.1) is 0 Å². The SMILES string of the molecule is CC(=O)c1ccc(S(=O)(=O)N2CCN(C(=O)c3ccc(C(F)(F)F)cc3)CC2)cc1. The summed E-state index contributed by atoms with van der Waals surface area (Å²) in [6.07, 6.45) is -4.48. The zero-order valence-electron chi connectivity index (χ0n) is 16.0.